The highest BCUT2D eigenvalue weighted by atomic mass is 16.2. The fourth-order valence-corrected chi connectivity index (χ4v) is 6.22. The number of hydrogen-bond acceptors (Lipinski definition) is 2. The Morgan fingerprint density at radius 1 is 0.828 bits per heavy atom. The Bertz CT molecular complexity index is 772. The normalized spacial score (nSPS) is 25.7. The van der Waals surface area contributed by atoms with Gasteiger partial charge < -0.3 is 14.7 Å². The number of carbonyl (C=O) groups excluding carboxylic acids is 2. The maximum atomic E-state index is 12.8. The average Bonchev–Trinajstić information content (AvgIpc) is 3.51. The quantitative estimate of drug-likeness (QED) is 0.766. The van der Waals surface area contributed by atoms with Gasteiger partial charge in [0.15, 0.2) is 0 Å². The molecule has 3 heterocycles. The molecule has 0 saturated carbocycles. The number of urea groups is 1. The lowest BCUT2D eigenvalue weighted by Gasteiger charge is -2.41. The Labute approximate surface area is 174 Å². The van der Waals surface area contributed by atoms with Gasteiger partial charge in [-0.15, -0.1) is 0 Å². The molecule has 3 saturated heterocycles. The molecular weight excluding hydrogens is 362 g/mol. The summed E-state index contributed by atoms with van der Waals surface area (Å²) in [5.74, 6) is 0.668. The highest BCUT2D eigenvalue weighted by molar-refractivity contribution is 5.78. The van der Waals surface area contributed by atoms with Gasteiger partial charge in [0, 0.05) is 45.7 Å². The summed E-state index contributed by atoms with van der Waals surface area (Å²) >= 11 is 0. The van der Waals surface area contributed by atoms with Gasteiger partial charge in [0.2, 0.25) is 5.91 Å². The summed E-state index contributed by atoms with van der Waals surface area (Å²) in [7, 11) is 0. The first-order valence-electron chi connectivity index (χ1n) is 11.6. The average molecular weight is 396 g/mol. The fourth-order valence-electron chi connectivity index (χ4n) is 6.22. The molecule has 0 aromatic heterocycles. The topological polar surface area (TPSA) is 43.9 Å². The van der Waals surface area contributed by atoms with Crippen molar-refractivity contribution >= 4 is 11.9 Å². The molecule has 1 spiro atoms. The summed E-state index contributed by atoms with van der Waals surface area (Å²) in [6.45, 7) is 5.40. The molecule has 156 valence electrons. The van der Waals surface area contributed by atoms with E-state index in [4.69, 9.17) is 0 Å². The first kappa shape index (κ1) is 19.0. The van der Waals surface area contributed by atoms with E-state index < -0.39 is 0 Å². The van der Waals surface area contributed by atoms with Crippen LogP contribution in [0.4, 0.5) is 4.79 Å². The van der Waals surface area contributed by atoms with Crippen molar-refractivity contribution in [1.29, 1.82) is 0 Å². The third kappa shape index (κ3) is 3.43. The van der Waals surface area contributed by atoms with E-state index in [9.17, 15) is 9.59 Å². The largest absolute Gasteiger partial charge is 0.343 e. The predicted molar refractivity (Wildman–Crippen MR) is 113 cm³/mol. The number of carbonyl (C=O) groups is 2. The molecular formula is C24H33N3O2. The maximum absolute atomic E-state index is 12.8. The van der Waals surface area contributed by atoms with Crippen LogP contribution in [-0.2, 0) is 10.2 Å². The minimum absolute atomic E-state index is 0.147. The van der Waals surface area contributed by atoms with Gasteiger partial charge in [-0.2, -0.15) is 0 Å². The van der Waals surface area contributed by atoms with E-state index in [0.717, 1.165) is 84.2 Å². The van der Waals surface area contributed by atoms with Gasteiger partial charge in [0.25, 0.3) is 0 Å². The molecule has 1 aromatic carbocycles. The molecule has 5 rings (SSSR count). The minimum atomic E-state index is 0.147. The van der Waals surface area contributed by atoms with Crippen molar-refractivity contribution < 1.29 is 9.59 Å². The zero-order valence-corrected chi connectivity index (χ0v) is 17.4. The van der Waals surface area contributed by atoms with Crippen molar-refractivity contribution in [3.8, 4) is 0 Å². The summed E-state index contributed by atoms with van der Waals surface area (Å²) in [5.41, 5.74) is 2.99. The lowest BCUT2D eigenvalue weighted by molar-refractivity contribution is -0.130. The van der Waals surface area contributed by atoms with Gasteiger partial charge in [-0.3, -0.25) is 4.79 Å². The van der Waals surface area contributed by atoms with Crippen LogP contribution in [0, 0.1) is 0 Å². The Morgan fingerprint density at radius 3 is 2.10 bits per heavy atom. The van der Waals surface area contributed by atoms with E-state index in [1.807, 2.05) is 4.90 Å². The molecule has 3 aliphatic heterocycles. The molecule has 4 aliphatic rings. The summed E-state index contributed by atoms with van der Waals surface area (Å²) in [6, 6.07) is 9.04. The number of nitrogens with zero attached hydrogens (tertiary/aromatic N) is 3. The first-order chi connectivity index (χ1) is 14.2. The summed E-state index contributed by atoms with van der Waals surface area (Å²) in [4.78, 5) is 31.8. The molecule has 1 atom stereocenters. The second-order valence-corrected chi connectivity index (χ2v) is 9.52. The Balaban J connectivity index is 1.29. The molecule has 5 heteroatoms. The maximum Gasteiger partial charge on any atom is 0.319 e. The van der Waals surface area contributed by atoms with Crippen LogP contribution < -0.4 is 0 Å². The van der Waals surface area contributed by atoms with Crippen LogP contribution in [0.2, 0.25) is 0 Å². The van der Waals surface area contributed by atoms with Gasteiger partial charge in [-0.25, -0.2) is 4.79 Å². The fraction of sp³-hybridized carbons (Fsp3) is 0.667. The van der Waals surface area contributed by atoms with E-state index in [2.05, 4.69) is 34.1 Å². The lowest BCUT2D eigenvalue weighted by atomic mass is 9.73. The number of hydrogen-bond donors (Lipinski definition) is 0. The van der Waals surface area contributed by atoms with Crippen LogP contribution in [0.15, 0.2) is 24.3 Å². The van der Waals surface area contributed by atoms with Crippen molar-refractivity contribution in [2.45, 2.75) is 62.7 Å². The minimum Gasteiger partial charge on any atom is -0.343 e. The van der Waals surface area contributed by atoms with E-state index in [-0.39, 0.29) is 11.4 Å². The zero-order valence-electron chi connectivity index (χ0n) is 17.4. The smallest absolute Gasteiger partial charge is 0.319 e. The van der Waals surface area contributed by atoms with Crippen LogP contribution in [0.3, 0.4) is 0 Å². The Morgan fingerprint density at radius 2 is 1.41 bits per heavy atom. The number of benzene rings is 1. The van der Waals surface area contributed by atoms with Crippen LogP contribution in [0.5, 0.6) is 0 Å². The third-order valence-electron chi connectivity index (χ3n) is 7.86. The lowest BCUT2D eigenvalue weighted by Crippen LogP contribution is -2.49. The molecule has 3 fully saturated rings. The van der Waals surface area contributed by atoms with E-state index >= 15 is 0 Å². The summed E-state index contributed by atoms with van der Waals surface area (Å²) in [5, 5.41) is 0. The molecule has 0 bridgehead atoms. The van der Waals surface area contributed by atoms with Gasteiger partial charge in [-0.05, 0) is 67.4 Å². The zero-order chi connectivity index (χ0) is 19.8. The van der Waals surface area contributed by atoms with Crippen LogP contribution >= 0.6 is 0 Å². The van der Waals surface area contributed by atoms with Crippen molar-refractivity contribution in [2.75, 3.05) is 39.3 Å². The second kappa shape index (κ2) is 7.66. The number of fused-ring (bicyclic) bond motifs is 2. The molecule has 29 heavy (non-hydrogen) atoms. The highest BCUT2D eigenvalue weighted by Gasteiger charge is 2.46. The van der Waals surface area contributed by atoms with Crippen LogP contribution in [-0.4, -0.2) is 65.9 Å². The Hall–Kier alpha value is -2.04. The van der Waals surface area contributed by atoms with E-state index in [1.165, 1.54) is 11.1 Å². The highest BCUT2D eigenvalue weighted by Crippen LogP contribution is 2.52. The van der Waals surface area contributed by atoms with Crippen LogP contribution in [0.25, 0.3) is 0 Å². The van der Waals surface area contributed by atoms with E-state index in [0.29, 0.717) is 18.2 Å². The molecule has 1 unspecified atom stereocenters. The number of piperidine rings is 1. The molecule has 1 aromatic rings. The molecule has 0 radical (unpaired) electrons. The summed E-state index contributed by atoms with van der Waals surface area (Å²) < 4.78 is 0. The molecule has 1 aliphatic carbocycles. The monoisotopic (exact) mass is 395 g/mol. The van der Waals surface area contributed by atoms with Gasteiger partial charge in [0.1, 0.15) is 0 Å². The standard InChI is InChI=1S/C24H33N3O2/c28-22(25-11-3-4-12-25)17-19-18-24(21-8-2-1-7-20(19)21)9-15-27(16-10-24)23(29)26-13-5-6-14-26/h1-2,7-8,19H,3-6,9-18H2. The van der Waals surface area contributed by atoms with E-state index in [1.54, 1.807) is 0 Å². The molecule has 5 nitrogen and oxygen atoms in total. The SMILES string of the molecule is O=C(CC1CC2(CCN(C(=O)N3CCCC3)CC2)c2ccccc21)N1CCCC1. The van der Waals surface area contributed by atoms with Gasteiger partial charge in [0.05, 0.1) is 0 Å². The number of likely N-dealkylation sites (tertiary alicyclic amines) is 3. The predicted octanol–water partition coefficient (Wildman–Crippen LogP) is 3.74. The van der Waals surface area contributed by atoms with Gasteiger partial charge >= 0.3 is 6.03 Å². The Kier molecular flexibility index (Phi) is 5.00. The first-order valence-corrected chi connectivity index (χ1v) is 11.6. The third-order valence-corrected chi connectivity index (χ3v) is 7.86. The molecule has 0 N–H and O–H groups in total. The van der Waals surface area contributed by atoms with Crippen molar-refractivity contribution in [1.82, 2.24) is 14.7 Å². The van der Waals surface area contributed by atoms with Crippen molar-refractivity contribution in [3.05, 3.63) is 35.4 Å². The van der Waals surface area contributed by atoms with Gasteiger partial charge in [-0.1, -0.05) is 24.3 Å². The van der Waals surface area contributed by atoms with Crippen LogP contribution in [0.1, 0.15) is 68.4 Å². The van der Waals surface area contributed by atoms with Crippen molar-refractivity contribution in [2.24, 2.45) is 0 Å². The number of amides is 3. The van der Waals surface area contributed by atoms with Crippen molar-refractivity contribution in [3.63, 3.8) is 0 Å². The molecule has 3 amide bonds. The second-order valence-electron chi connectivity index (χ2n) is 9.52. The summed E-state index contributed by atoms with van der Waals surface area (Å²) in [6.07, 6.45) is 8.35. The number of rotatable bonds is 2.